The summed E-state index contributed by atoms with van der Waals surface area (Å²) in [6.07, 6.45) is 2.50. The average Bonchev–Trinajstić information content (AvgIpc) is 3.01. The summed E-state index contributed by atoms with van der Waals surface area (Å²) in [7, 11) is 0. The number of fused-ring (bicyclic) bond motifs is 1. The van der Waals surface area contributed by atoms with Crippen molar-refractivity contribution in [1.29, 1.82) is 0 Å². The Bertz CT molecular complexity index is 814. The van der Waals surface area contributed by atoms with Gasteiger partial charge in [0.2, 0.25) is 0 Å². The van der Waals surface area contributed by atoms with Gasteiger partial charge < -0.3 is 10.1 Å². The quantitative estimate of drug-likeness (QED) is 0.639. The molecule has 1 amide bonds. The zero-order valence-electron chi connectivity index (χ0n) is 12.3. The van der Waals surface area contributed by atoms with Crippen molar-refractivity contribution in [2.75, 3.05) is 13.2 Å². The van der Waals surface area contributed by atoms with Crippen LogP contribution in [0.25, 0.3) is 10.9 Å². The number of nitrogens with zero attached hydrogens (tertiary/aromatic N) is 1. The molecule has 0 saturated heterocycles. The van der Waals surface area contributed by atoms with Crippen molar-refractivity contribution in [3.63, 3.8) is 0 Å². The van der Waals surface area contributed by atoms with Crippen LogP contribution in [-0.2, 0) is 0 Å². The lowest BCUT2D eigenvalue weighted by atomic mass is 10.2. The second-order valence-corrected chi connectivity index (χ2v) is 7.36. The van der Waals surface area contributed by atoms with Crippen LogP contribution in [0.2, 0.25) is 0 Å². The second-order valence-electron chi connectivity index (χ2n) is 4.89. The highest BCUT2D eigenvalue weighted by molar-refractivity contribution is 9.11. The molecule has 0 aliphatic rings. The van der Waals surface area contributed by atoms with Gasteiger partial charge in [0.15, 0.2) is 0 Å². The van der Waals surface area contributed by atoms with Crippen molar-refractivity contribution in [2.45, 2.75) is 6.42 Å². The number of aromatic nitrogens is 1. The fourth-order valence-corrected chi connectivity index (χ4v) is 3.47. The molecule has 0 saturated carbocycles. The maximum Gasteiger partial charge on any atom is 0.261 e. The average molecular weight is 391 g/mol. The van der Waals surface area contributed by atoms with Gasteiger partial charge in [0.25, 0.3) is 5.91 Å². The fraction of sp³-hybridized carbons (Fsp3) is 0.176. The zero-order chi connectivity index (χ0) is 16.1. The molecule has 0 aliphatic heterocycles. The molecule has 0 bridgehead atoms. The molecule has 0 spiro atoms. The van der Waals surface area contributed by atoms with Crippen LogP contribution in [-0.4, -0.2) is 24.0 Å². The first-order valence-electron chi connectivity index (χ1n) is 7.24. The SMILES string of the molecule is O=C(NCCCOc1cccc2cccnc12)c1ccc(Br)s1. The smallest absolute Gasteiger partial charge is 0.261 e. The summed E-state index contributed by atoms with van der Waals surface area (Å²) >= 11 is 4.77. The van der Waals surface area contributed by atoms with Gasteiger partial charge >= 0.3 is 0 Å². The number of halogens is 1. The van der Waals surface area contributed by atoms with E-state index in [0.29, 0.717) is 18.0 Å². The van der Waals surface area contributed by atoms with E-state index in [1.807, 2.05) is 42.5 Å². The molecule has 2 aromatic heterocycles. The number of benzene rings is 1. The molecule has 1 N–H and O–H groups in total. The number of hydrogen-bond donors (Lipinski definition) is 1. The van der Waals surface area contributed by atoms with Crippen LogP contribution < -0.4 is 10.1 Å². The van der Waals surface area contributed by atoms with Crippen LogP contribution >= 0.6 is 27.3 Å². The highest BCUT2D eigenvalue weighted by Gasteiger charge is 2.07. The second kappa shape index (κ2) is 7.57. The van der Waals surface area contributed by atoms with Crippen LogP contribution in [0.1, 0.15) is 16.1 Å². The summed E-state index contributed by atoms with van der Waals surface area (Å²) < 4.78 is 6.75. The van der Waals surface area contributed by atoms with E-state index in [-0.39, 0.29) is 5.91 Å². The minimum Gasteiger partial charge on any atom is -0.491 e. The predicted octanol–water partition coefficient (Wildman–Crippen LogP) is 4.26. The number of carbonyl (C=O) groups is 1. The Morgan fingerprint density at radius 2 is 2.09 bits per heavy atom. The number of pyridine rings is 1. The summed E-state index contributed by atoms with van der Waals surface area (Å²) in [4.78, 5) is 17.0. The van der Waals surface area contributed by atoms with Crippen molar-refractivity contribution < 1.29 is 9.53 Å². The highest BCUT2D eigenvalue weighted by atomic mass is 79.9. The lowest BCUT2D eigenvalue weighted by Gasteiger charge is -2.09. The molecule has 3 aromatic rings. The molecule has 0 radical (unpaired) electrons. The van der Waals surface area contributed by atoms with E-state index in [4.69, 9.17) is 4.74 Å². The number of para-hydroxylation sites is 1. The lowest BCUT2D eigenvalue weighted by molar-refractivity contribution is 0.0955. The molecule has 6 heteroatoms. The minimum absolute atomic E-state index is 0.0486. The summed E-state index contributed by atoms with van der Waals surface area (Å²) in [5.74, 6) is 0.726. The van der Waals surface area contributed by atoms with E-state index in [2.05, 4.69) is 26.2 Å². The number of nitrogens with one attached hydrogen (secondary N) is 1. The molecule has 23 heavy (non-hydrogen) atoms. The van der Waals surface area contributed by atoms with Crippen molar-refractivity contribution >= 4 is 44.1 Å². The molecule has 0 aliphatic carbocycles. The maximum atomic E-state index is 11.9. The predicted molar refractivity (Wildman–Crippen MR) is 96.2 cm³/mol. The maximum absolute atomic E-state index is 11.9. The Morgan fingerprint density at radius 1 is 1.22 bits per heavy atom. The van der Waals surface area contributed by atoms with Crippen LogP contribution in [0, 0.1) is 0 Å². The van der Waals surface area contributed by atoms with E-state index in [1.54, 1.807) is 6.20 Å². The van der Waals surface area contributed by atoms with Gasteiger partial charge in [0.05, 0.1) is 15.3 Å². The first-order valence-corrected chi connectivity index (χ1v) is 8.85. The molecule has 1 aromatic carbocycles. The first kappa shape index (κ1) is 16.0. The molecule has 4 nitrogen and oxygen atoms in total. The third-order valence-electron chi connectivity index (χ3n) is 3.26. The molecule has 0 fully saturated rings. The van der Waals surface area contributed by atoms with E-state index in [1.165, 1.54) is 11.3 Å². The van der Waals surface area contributed by atoms with Gasteiger partial charge in [-0.2, -0.15) is 0 Å². The Hall–Kier alpha value is -1.92. The molecular formula is C17H15BrN2O2S. The van der Waals surface area contributed by atoms with Gasteiger partial charge in [0, 0.05) is 18.1 Å². The van der Waals surface area contributed by atoms with Gasteiger partial charge in [-0.3, -0.25) is 9.78 Å². The van der Waals surface area contributed by atoms with Crippen molar-refractivity contribution in [3.8, 4) is 5.75 Å². The first-order chi connectivity index (χ1) is 11.2. The van der Waals surface area contributed by atoms with Gasteiger partial charge in [0.1, 0.15) is 11.3 Å². The normalized spacial score (nSPS) is 10.7. The number of ether oxygens (including phenoxy) is 1. The van der Waals surface area contributed by atoms with Gasteiger partial charge in [-0.25, -0.2) is 0 Å². The van der Waals surface area contributed by atoms with Crippen molar-refractivity contribution in [3.05, 3.63) is 57.3 Å². The highest BCUT2D eigenvalue weighted by Crippen LogP contribution is 2.23. The van der Waals surface area contributed by atoms with E-state index in [9.17, 15) is 4.79 Å². The van der Waals surface area contributed by atoms with Gasteiger partial charge in [-0.05, 0) is 46.6 Å². The van der Waals surface area contributed by atoms with E-state index < -0.39 is 0 Å². The summed E-state index contributed by atoms with van der Waals surface area (Å²) in [6, 6.07) is 13.5. The van der Waals surface area contributed by atoms with Gasteiger partial charge in [-0.15, -0.1) is 11.3 Å². The number of amides is 1. The van der Waals surface area contributed by atoms with Crippen LogP contribution in [0.15, 0.2) is 52.4 Å². The molecule has 118 valence electrons. The molecule has 2 heterocycles. The monoisotopic (exact) mass is 390 g/mol. The largest absolute Gasteiger partial charge is 0.491 e. The van der Waals surface area contributed by atoms with Crippen LogP contribution in [0.5, 0.6) is 5.75 Å². The molecule has 3 rings (SSSR count). The Labute approximate surface area is 146 Å². The summed E-state index contributed by atoms with van der Waals surface area (Å²) in [5, 5.41) is 3.95. The Kier molecular flexibility index (Phi) is 5.25. The van der Waals surface area contributed by atoms with E-state index >= 15 is 0 Å². The van der Waals surface area contributed by atoms with Crippen molar-refractivity contribution in [2.24, 2.45) is 0 Å². The number of rotatable bonds is 6. The number of carbonyl (C=O) groups excluding carboxylic acids is 1. The Balaban J connectivity index is 1.47. The fourth-order valence-electron chi connectivity index (χ4n) is 2.17. The lowest BCUT2D eigenvalue weighted by Crippen LogP contribution is -2.24. The van der Waals surface area contributed by atoms with Crippen LogP contribution in [0.3, 0.4) is 0 Å². The minimum atomic E-state index is -0.0486. The standard InChI is InChI=1S/C17H15BrN2O2S/c18-15-8-7-14(23-15)17(21)20-10-3-11-22-13-6-1-4-12-5-2-9-19-16(12)13/h1-2,4-9H,3,10-11H2,(H,20,21). The van der Waals surface area contributed by atoms with Crippen LogP contribution in [0.4, 0.5) is 0 Å². The van der Waals surface area contributed by atoms with Gasteiger partial charge in [-0.1, -0.05) is 18.2 Å². The Morgan fingerprint density at radius 3 is 2.91 bits per heavy atom. The zero-order valence-corrected chi connectivity index (χ0v) is 14.7. The summed E-state index contributed by atoms with van der Waals surface area (Å²) in [6.45, 7) is 1.11. The molecule has 0 atom stereocenters. The number of hydrogen-bond acceptors (Lipinski definition) is 4. The molecular weight excluding hydrogens is 376 g/mol. The topological polar surface area (TPSA) is 51.2 Å². The number of thiophene rings is 1. The third-order valence-corrected chi connectivity index (χ3v) is 4.88. The summed E-state index contributed by atoms with van der Waals surface area (Å²) in [5.41, 5.74) is 0.863. The van der Waals surface area contributed by atoms with E-state index in [0.717, 1.165) is 26.9 Å². The third kappa shape index (κ3) is 4.09. The molecule has 0 unspecified atom stereocenters. The van der Waals surface area contributed by atoms with Crippen molar-refractivity contribution in [1.82, 2.24) is 10.3 Å².